The van der Waals surface area contributed by atoms with Gasteiger partial charge in [-0.1, -0.05) is 0 Å². The number of carbonyl (C=O) groups excluding carboxylic acids is 1. The second-order valence-electron chi connectivity index (χ2n) is 5.92. The molecule has 8 nitrogen and oxygen atoms in total. The SMILES string of the molecule is CC(C)(C)OC(=O)N(CC(=O)O)c1ccc(C(F)(F)F)cc1[N+](=O)[O-]. The quantitative estimate of drug-likeness (QED) is 0.647. The molecule has 0 saturated carbocycles. The van der Waals surface area contributed by atoms with Crippen LogP contribution in [-0.2, 0) is 15.7 Å². The number of amides is 1. The predicted octanol–water partition coefficient (Wildman–Crippen LogP) is 3.44. The van der Waals surface area contributed by atoms with Crippen LogP contribution in [0.25, 0.3) is 0 Å². The Hall–Kier alpha value is -2.85. The number of alkyl halides is 3. The number of ether oxygens (including phenoxy) is 1. The number of nitro benzene ring substituents is 1. The molecule has 0 saturated heterocycles. The van der Waals surface area contributed by atoms with Crippen LogP contribution in [0.3, 0.4) is 0 Å². The number of hydrogen-bond acceptors (Lipinski definition) is 5. The molecule has 0 aromatic heterocycles. The summed E-state index contributed by atoms with van der Waals surface area (Å²) in [4.78, 5) is 33.5. The Balaban J connectivity index is 3.45. The molecule has 25 heavy (non-hydrogen) atoms. The molecule has 0 fully saturated rings. The first-order chi connectivity index (χ1) is 11.2. The molecule has 0 bridgehead atoms. The van der Waals surface area contributed by atoms with Gasteiger partial charge < -0.3 is 9.84 Å². The first-order valence-corrected chi connectivity index (χ1v) is 6.80. The van der Waals surface area contributed by atoms with Crippen molar-refractivity contribution < 1.29 is 37.5 Å². The lowest BCUT2D eigenvalue weighted by Gasteiger charge is -2.26. The number of nitro groups is 1. The van der Waals surface area contributed by atoms with Crippen LogP contribution < -0.4 is 4.90 Å². The van der Waals surface area contributed by atoms with E-state index < -0.39 is 52.2 Å². The van der Waals surface area contributed by atoms with Crippen LogP contribution in [0.15, 0.2) is 18.2 Å². The summed E-state index contributed by atoms with van der Waals surface area (Å²) >= 11 is 0. The van der Waals surface area contributed by atoms with E-state index in [9.17, 15) is 32.9 Å². The molecule has 1 aromatic rings. The zero-order valence-electron chi connectivity index (χ0n) is 13.5. The van der Waals surface area contributed by atoms with Crippen LogP contribution in [0, 0.1) is 10.1 Å². The van der Waals surface area contributed by atoms with Crippen molar-refractivity contribution >= 4 is 23.4 Å². The zero-order valence-corrected chi connectivity index (χ0v) is 13.5. The Morgan fingerprint density at radius 1 is 1.28 bits per heavy atom. The van der Waals surface area contributed by atoms with E-state index in [1.165, 1.54) is 20.8 Å². The number of nitrogens with zero attached hydrogens (tertiary/aromatic N) is 2. The molecule has 1 N–H and O–H groups in total. The minimum absolute atomic E-state index is 0.231. The molecule has 0 radical (unpaired) electrons. The zero-order chi connectivity index (χ0) is 19.6. The maximum absolute atomic E-state index is 12.7. The lowest BCUT2D eigenvalue weighted by Crippen LogP contribution is -2.40. The number of aliphatic carboxylic acids is 1. The molecule has 11 heteroatoms. The number of rotatable bonds is 4. The molecule has 0 aliphatic carbocycles. The van der Waals surface area contributed by atoms with E-state index in [1.807, 2.05) is 0 Å². The largest absolute Gasteiger partial charge is 0.480 e. The minimum atomic E-state index is -4.84. The van der Waals surface area contributed by atoms with Crippen molar-refractivity contribution in [3.63, 3.8) is 0 Å². The first kappa shape index (κ1) is 20.2. The Morgan fingerprint density at radius 3 is 2.24 bits per heavy atom. The van der Waals surface area contributed by atoms with Crippen LogP contribution in [0.4, 0.5) is 29.3 Å². The molecule has 138 valence electrons. The van der Waals surface area contributed by atoms with E-state index in [4.69, 9.17) is 9.84 Å². The smallest absolute Gasteiger partial charge is 0.416 e. The summed E-state index contributed by atoms with van der Waals surface area (Å²) in [5, 5.41) is 20.0. The third kappa shape index (κ3) is 5.62. The van der Waals surface area contributed by atoms with E-state index in [1.54, 1.807) is 0 Å². The van der Waals surface area contributed by atoms with Crippen LogP contribution in [0.2, 0.25) is 0 Å². The highest BCUT2D eigenvalue weighted by Gasteiger charge is 2.36. The molecule has 1 amide bonds. The summed E-state index contributed by atoms with van der Waals surface area (Å²) < 4.78 is 43.2. The van der Waals surface area contributed by atoms with Crippen molar-refractivity contribution in [3.05, 3.63) is 33.9 Å². The summed E-state index contributed by atoms with van der Waals surface area (Å²) in [6, 6.07) is 1.41. The Kier molecular flexibility index (Phi) is 5.61. The van der Waals surface area contributed by atoms with Gasteiger partial charge in [-0.25, -0.2) is 4.79 Å². The normalized spacial score (nSPS) is 11.8. The number of halogens is 3. The number of benzene rings is 1. The van der Waals surface area contributed by atoms with Crippen molar-refractivity contribution in [3.8, 4) is 0 Å². The highest BCUT2D eigenvalue weighted by molar-refractivity contribution is 5.95. The Morgan fingerprint density at radius 2 is 1.84 bits per heavy atom. The van der Waals surface area contributed by atoms with Gasteiger partial charge in [-0.05, 0) is 32.9 Å². The second kappa shape index (κ2) is 6.95. The summed E-state index contributed by atoms with van der Waals surface area (Å²) in [5.41, 5.74) is -4.03. The molecular formula is C14H15F3N2O6. The van der Waals surface area contributed by atoms with Gasteiger partial charge in [0.05, 0.1) is 10.5 Å². The van der Waals surface area contributed by atoms with Crippen molar-refractivity contribution in [1.29, 1.82) is 0 Å². The fourth-order valence-electron chi connectivity index (χ4n) is 1.77. The summed E-state index contributed by atoms with van der Waals surface area (Å²) in [6.45, 7) is 3.40. The van der Waals surface area contributed by atoms with Gasteiger partial charge in [0.2, 0.25) is 0 Å². The first-order valence-electron chi connectivity index (χ1n) is 6.80. The third-order valence-electron chi connectivity index (χ3n) is 2.70. The van der Waals surface area contributed by atoms with Gasteiger partial charge in [-0.2, -0.15) is 13.2 Å². The average molecular weight is 364 g/mol. The van der Waals surface area contributed by atoms with Crippen LogP contribution in [-0.4, -0.2) is 34.2 Å². The number of anilines is 1. The molecule has 1 aromatic carbocycles. The number of carbonyl (C=O) groups is 2. The fraction of sp³-hybridized carbons (Fsp3) is 0.429. The van der Waals surface area contributed by atoms with Crippen molar-refractivity contribution in [2.24, 2.45) is 0 Å². The molecule has 1 rings (SSSR count). The van der Waals surface area contributed by atoms with Crippen molar-refractivity contribution in [2.75, 3.05) is 11.4 Å². The summed E-state index contributed by atoms with van der Waals surface area (Å²) in [7, 11) is 0. The third-order valence-corrected chi connectivity index (χ3v) is 2.70. The topological polar surface area (TPSA) is 110 Å². The molecule has 0 heterocycles. The van der Waals surface area contributed by atoms with E-state index in [0.717, 1.165) is 0 Å². The average Bonchev–Trinajstić information content (AvgIpc) is 2.40. The van der Waals surface area contributed by atoms with Gasteiger partial charge in [0.25, 0.3) is 5.69 Å². The maximum Gasteiger partial charge on any atom is 0.416 e. The molecule has 0 aliphatic heterocycles. The Bertz CT molecular complexity index is 697. The highest BCUT2D eigenvalue weighted by Crippen LogP contribution is 2.36. The van der Waals surface area contributed by atoms with Crippen molar-refractivity contribution in [1.82, 2.24) is 0 Å². The standard InChI is InChI=1S/C14H15F3N2O6/c1-13(2,3)25-12(22)18(7-11(20)21)9-5-4-8(14(15,16)17)6-10(9)19(23)24/h4-6H,7H2,1-3H3,(H,20,21). The molecule has 0 aliphatic rings. The monoisotopic (exact) mass is 364 g/mol. The van der Waals surface area contributed by atoms with Crippen LogP contribution in [0.1, 0.15) is 26.3 Å². The predicted molar refractivity (Wildman–Crippen MR) is 79.3 cm³/mol. The van der Waals surface area contributed by atoms with Gasteiger partial charge in [0, 0.05) is 6.07 Å². The number of carboxylic acids is 1. The summed E-state index contributed by atoms with van der Waals surface area (Å²) in [5.74, 6) is -1.53. The number of carboxylic acid groups (broad SMARTS) is 1. The van der Waals surface area contributed by atoms with Gasteiger partial charge in [0.15, 0.2) is 0 Å². The molecule has 0 spiro atoms. The lowest BCUT2D eigenvalue weighted by molar-refractivity contribution is -0.384. The number of hydrogen-bond donors (Lipinski definition) is 1. The summed E-state index contributed by atoms with van der Waals surface area (Å²) in [6.07, 6.45) is -6.08. The second-order valence-corrected chi connectivity index (χ2v) is 5.92. The van der Waals surface area contributed by atoms with Crippen LogP contribution in [0.5, 0.6) is 0 Å². The van der Waals surface area contributed by atoms with Crippen molar-refractivity contribution in [2.45, 2.75) is 32.5 Å². The highest BCUT2D eigenvalue weighted by atomic mass is 19.4. The van der Waals surface area contributed by atoms with E-state index in [-0.39, 0.29) is 6.07 Å². The lowest BCUT2D eigenvalue weighted by atomic mass is 10.1. The van der Waals surface area contributed by atoms with E-state index >= 15 is 0 Å². The van der Waals surface area contributed by atoms with Gasteiger partial charge in [0.1, 0.15) is 17.8 Å². The van der Waals surface area contributed by atoms with Gasteiger partial charge in [-0.15, -0.1) is 0 Å². The Labute approximate surface area is 139 Å². The fourth-order valence-corrected chi connectivity index (χ4v) is 1.77. The molecular weight excluding hydrogens is 349 g/mol. The molecule has 0 atom stereocenters. The molecule has 0 unspecified atom stereocenters. The van der Waals surface area contributed by atoms with Gasteiger partial charge >= 0.3 is 18.2 Å². The van der Waals surface area contributed by atoms with Gasteiger partial charge in [-0.3, -0.25) is 19.8 Å². The minimum Gasteiger partial charge on any atom is -0.480 e. The van der Waals surface area contributed by atoms with Crippen LogP contribution >= 0.6 is 0 Å². The van der Waals surface area contributed by atoms with E-state index in [2.05, 4.69) is 0 Å². The maximum atomic E-state index is 12.7. The van der Waals surface area contributed by atoms with E-state index in [0.29, 0.717) is 17.0 Å².